The first-order valence-electron chi connectivity index (χ1n) is 10.4. The Labute approximate surface area is 185 Å². The van der Waals surface area contributed by atoms with E-state index in [1.165, 1.54) is 0 Å². The third kappa shape index (κ3) is 13.8. The van der Waals surface area contributed by atoms with Gasteiger partial charge in [-0.15, -0.1) is 0 Å². The van der Waals surface area contributed by atoms with Crippen LogP contribution in [0.5, 0.6) is 0 Å². The fourth-order valence-corrected chi connectivity index (χ4v) is 4.80. The van der Waals surface area contributed by atoms with Crippen molar-refractivity contribution >= 4 is 39.2 Å². The minimum absolute atomic E-state index is 0.0139. The molecule has 0 heterocycles. The lowest BCUT2D eigenvalue weighted by Crippen LogP contribution is -2.38. The van der Waals surface area contributed by atoms with Gasteiger partial charge in [0.2, 0.25) is 11.8 Å². The molecule has 1 atom stereocenters. The van der Waals surface area contributed by atoms with Gasteiger partial charge in [-0.2, -0.15) is 0 Å². The van der Waals surface area contributed by atoms with Crippen molar-refractivity contribution in [1.82, 2.24) is 10.6 Å². The maximum absolute atomic E-state index is 12.1. The number of Topliss-reactive ketones (excluding diaryl/α,β-unsaturated/α-hetero) is 1. The summed E-state index contributed by atoms with van der Waals surface area (Å²) >= 11 is 0. The van der Waals surface area contributed by atoms with E-state index >= 15 is 0 Å². The second-order valence-electron chi connectivity index (χ2n) is 8.94. The van der Waals surface area contributed by atoms with E-state index < -0.39 is 0 Å². The predicted octanol–water partition coefficient (Wildman–Crippen LogP) is 4.77. The van der Waals surface area contributed by atoms with Gasteiger partial charge in [0, 0.05) is 47.3 Å². The molecule has 0 aromatic heterocycles. The van der Waals surface area contributed by atoms with E-state index in [4.69, 9.17) is 0 Å². The average Bonchev–Trinajstić information content (AvgIpc) is 2.63. The Morgan fingerprint density at radius 1 is 0.931 bits per heavy atom. The molecule has 0 fully saturated rings. The molecular formula is C22H40N2O3S2. The summed E-state index contributed by atoms with van der Waals surface area (Å²) in [7, 11) is 3.49. The first kappa shape index (κ1) is 28.1. The monoisotopic (exact) mass is 444 g/mol. The van der Waals surface area contributed by atoms with Gasteiger partial charge in [-0.25, -0.2) is 0 Å². The molecule has 29 heavy (non-hydrogen) atoms. The minimum atomic E-state index is -0.0991. The molecule has 0 aromatic rings. The van der Waals surface area contributed by atoms with Crippen LogP contribution in [-0.4, -0.2) is 40.2 Å². The van der Waals surface area contributed by atoms with Crippen molar-refractivity contribution in [2.24, 2.45) is 11.8 Å². The topological polar surface area (TPSA) is 75.3 Å². The van der Waals surface area contributed by atoms with Crippen LogP contribution in [0.25, 0.3) is 0 Å². The van der Waals surface area contributed by atoms with E-state index in [1.54, 1.807) is 21.6 Å². The summed E-state index contributed by atoms with van der Waals surface area (Å²) in [5.41, 5.74) is 0. The normalized spacial score (nSPS) is 13.6. The van der Waals surface area contributed by atoms with Crippen LogP contribution in [0.2, 0.25) is 0 Å². The lowest BCUT2D eigenvalue weighted by atomic mass is 10.0. The summed E-state index contributed by atoms with van der Waals surface area (Å²) in [6.07, 6.45) is 5.29. The molecule has 0 spiro atoms. The third-order valence-corrected chi connectivity index (χ3v) is 8.63. The number of hydrogen-bond acceptors (Lipinski definition) is 5. The highest BCUT2D eigenvalue weighted by molar-refractivity contribution is 8.77. The molecule has 7 heteroatoms. The zero-order valence-corrected chi connectivity index (χ0v) is 21.0. The lowest BCUT2D eigenvalue weighted by molar-refractivity contribution is -0.124. The number of ketones is 1. The second-order valence-corrected chi connectivity index (χ2v) is 12.5. The molecule has 0 aliphatic heterocycles. The molecule has 0 aliphatic rings. The van der Waals surface area contributed by atoms with E-state index in [2.05, 4.69) is 38.3 Å². The van der Waals surface area contributed by atoms with Crippen molar-refractivity contribution in [2.45, 2.75) is 84.1 Å². The fourth-order valence-electron chi connectivity index (χ4n) is 2.25. The zero-order chi connectivity index (χ0) is 22.7. The van der Waals surface area contributed by atoms with Gasteiger partial charge in [0.05, 0.1) is 0 Å². The highest BCUT2D eigenvalue weighted by Gasteiger charge is 2.27. The molecule has 5 nitrogen and oxygen atoms in total. The van der Waals surface area contributed by atoms with Gasteiger partial charge >= 0.3 is 0 Å². The summed E-state index contributed by atoms with van der Waals surface area (Å²) in [5, 5.41) is 5.84. The zero-order valence-electron chi connectivity index (χ0n) is 19.4. The Kier molecular flexibility index (Phi) is 12.9. The molecule has 168 valence electrons. The molecule has 0 aromatic carbocycles. The lowest BCUT2D eigenvalue weighted by Gasteiger charge is -2.30. The molecule has 0 saturated carbocycles. The SMILES string of the molecule is CC=CC(C)C(=O)CCNC(=O)CCC(C)(C)SSC(C)(C)CNC(=O)C(C)C. The molecule has 0 rings (SSSR count). The van der Waals surface area contributed by atoms with Crippen LogP contribution in [-0.2, 0) is 14.4 Å². The Bertz CT molecular complexity index is 572. The smallest absolute Gasteiger partial charge is 0.222 e. The van der Waals surface area contributed by atoms with Gasteiger partial charge in [-0.1, -0.05) is 54.5 Å². The van der Waals surface area contributed by atoms with E-state index in [0.29, 0.717) is 25.9 Å². The van der Waals surface area contributed by atoms with E-state index in [1.807, 2.05) is 39.8 Å². The van der Waals surface area contributed by atoms with Crippen LogP contribution >= 0.6 is 21.6 Å². The number of carbonyl (C=O) groups is 3. The van der Waals surface area contributed by atoms with Crippen molar-refractivity contribution in [1.29, 1.82) is 0 Å². The van der Waals surface area contributed by atoms with Crippen LogP contribution in [0.4, 0.5) is 0 Å². The number of amides is 2. The summed E-state index contributed by atoms with van der Waals surface area (Å²) in [6, 6.07) is 0. The molecule has 0 aliphatic carbocycles. The average molecular weight is 445 g/mol. The Morgan fingerprint density at radius 3 is 2.07 bits per heavy atom. The van der Waals surface area contributed by atoms with Gasteiger partial charge < -0.3 is 10.6 Å². The van der Waals surface area contributed by atoms with Gasteiger partial charge in [0.15, 0.2) is 0 Å². The van der Waals surface area contributed by atoms with Crippen LogP contribution in [0.3, 0.4) is 0 Å². The number of hydrogen-bond donors (Lipinski definition) is 2. The van der Waals surface area contributed by atoms with Gasteiger partial charge in [-0.3, -0.25) is 14.4 Å². The van der Waals surface area contributed by atoms with Crippen molar-refractivity contribution in [3.63, 3.8) is 0 Å². The molecule has 2 N–H and O–H groups in total. The number of nitrogens with one attached hydrogen (secondary N) is 2. The maximum Gasteiger partial charge on any atom is 0.222 e. The van der Waals surface area contributed by atoms with Gasteiger partial charge in [0.1, 0.15) is 5.78 Å². The quantitative estimate of drug-likeness (QED) is 0.298. The first-order valence-corrected chi connectivity index (χ1v) is 12.5. The summed E-state index contributed by atoms with van der Waals surface area (Å²) in [5.74, 6) is 0.0808. The van der Waals surface area contributed by atoms with Crippen LogP contribution in [0.1, 0.15) is 74.7 Å². The number of carbonyl (C=O) groups excluding carboxylic acids is 3. The van der Waals surface area contributed by atoms with E-state index in [9.17, 15) is 14.4 Å². The highest BCUT2D eigenvalue weighted by Crippen LogP contribution is 2.45. The number of allylic oxidation sites excluding steroid dienone is 2. The summed E-state index contributed by atoms with van der Waals surface area (Å²) in [6.45, 7) is 17.0. The van der Waals surface area contributed by atoms with Crippen LogP contribution in [0.15, 0.2) is 12.2 Å². The Morgan fingerprint density at radius 2 is 1.52 bits per heavy atom. The van der Waals surface area contributed by atoms with Crippen molar-refractivity contribution in [3.05, 3.63) is 12.2 Å². The second kappa shape index (κ2) is 13.4. The molecule has 1 unspecified atom stereocenters. The summed E-state index contributed by atoms with van der Waals surface area (Å²) < 4.78 is -0.170. The standard InChI is InChI=1S/C22H40N2O3S2/c1-9-10-17(4)18(25)12-14-23-19(26)11-13-21(5,6)28-29-22(7,8)15-24-20(27)16(2)3/h9-10,16-17H,11-15H2,1-8H3,(H,23,26)(H,24,27). The van der Waals surface area contributed by atoms with E-state index in [-0.39, 0.29) is 38.9 Å². The first-order chi connectivity index (χ1) is 13.3. The third-order valence-electron chi connectivity index (χ3n) is 4.34. The Hall–Kier alpha value is -0.950. The Balaban J connectivity index is 4.22. The van der Waals surface area contributed by atoms with Crippen molar-refractivity contribution in [3.8, 4) is 0 Å². The largest absolute Gasteiger partial charge is 0.356 e. The molecule has 0 radical (unpaired) electrons. The number of rotatable bonds is 14. The molecule has 0 saturated heterocycles. The molecular weight excluding hydrogens is 404 g/mol. The minimum Gasteiger partial charge on any atom is -0.356 e. The van der Waals surface area contributed by atoms with E-state index in [0.717, 1.165) is 6.42 Å². The van der Waals surface area contributed by atoms with Crippen LogP contribution < -0.4 is 10.6 Å². The van der Waals surface area contributed by atoms with Gasteiger partial charge in [-0.05, 0) is 41.0 Å². The molecule has 2 amide bonds. The summed E-state index contributed by atoms with van der Waals surface area (Å²) in [4.78, 5) is 35.8. The fraction of sp³-hybridized carbons (Fsp3) is 0.773. The maximum atomic E-state index is 12.1. The predicted molar refractivity (Wildman–Crippen MR) is 127 cm³/mol. The van der Waals surface area contributed by atoms with Crippen LogP contribution in [0, 0.1) is 11.8 Å². The van der Waals surface area contributed by atoms with Crippen molar-refractivity contribution < 1.29 is 14.4 Å². The molecule has 0 bridgehead atoms. The highest BCUT2D eigenvalue weighted by atomic mass is 33.1. The van der Waals surface area contributed by atoms with Crippen molar-refractivity contribution in [2.75, 3.05) is 13.1 Å². The van der Waals surface area contributed by atoms with Gasteiger partial charge in [0.25, 0.3) is 0 Å².